The maximum atomic E-state index is 13.3. The minimum absolute atomic E-state index is 0.107. The van der Waals surface area contributed by atoms with E-state index in [0.29, 0.717) is 45.1 Å². The number of hydrogen-bond donors (Lipinski definition) is 0. The molecule has 0 bridgehead atoms. The lowest BCUT2D eigenvalue weighted by Crippen LogP contribution is -2.57. The molecule has 1 atom stereocenters. The van der Waals surface area contributed by atoms with Crippen LogP contribution in [-0.2, 0) is 14.8 Å². The summed E-state index contributed by atoms with van der Waals surface area (Å²) in [6.45, 7) is 2.68. The van der Waals surface area contributed by atoms with Gasteiger partial charge in [-0.3, -0.25) is 4.79 Å². The number of anilines is 1. The molecule has 2 fully saturated rings. The summed E-state index contributed by atoms with van der Waals surface area (Å²) < 4.78 is 28.7. The Labute approximate surface area is 185 Å². The second-order valence-electron chi connectivity index (χ2n) is 7.44. The highest BCUT2D eigenvalue weighted by molar-refractivity contribution is 9.10. The average Bonchev–Trinajstić information content (AvgIpc) is 2.79. The first-order valence-electron chi connectivity index (χ1n) is 10.0. The summed E-state index contributed by atoms with van der Waals surface area (Å²) in [6, 6.07) is 7.69. The van der Waals surface area contributed by atoms with Crippen molar-refractivity contribution in [2.75, 3.05) is 37.6 Å². The number of amides is 1. The van der Waals surface area contributed by atoms with Gasteiger partial charge in [-0.05, 0) is 43.2 Å². The predicted molar refractivity (Wildman–Crippen MR) is 116 cm³/mol. The van der Waals surface area contributed by atoms with Crippen molar-refractivity contribution in [2.24, 2.45) is 0 Å². The maximum Gasteiger partial charge on any atom is 0.243 e. The molecule has 0 radical (unpaired) electrons. The molecule has 160 valence electrons. The Morgan fingerprint density at radius 2 is 1.63 bits per heavy atom. The van der Waals surface area contributed by atoms with Crippen LogP contribution in [0, 0.1) is 0 Å². The van der Waals surface area contributed by atoms with E-state index >= 15 is 0 Å². The van der Waals surface area contributed by atoms with Crippen molar-refractivity contribution in [3.8, 4) is 0 Å². The van der Waals surface area contributed by atoms with Crippen LogP contribution in [0.1, 0.15) is 19.3 Å². The summed E-state index contributed by atoms with van der Waals surface area (Å²) in [7, 11) is -3.73. The number of piperazine rings is 1. The summed E-state index contributed by atoms with van der Waals surface area (Å²) in [6.07, 6.45) is 5.56. The molecule has 1 aromatic heterocycles. The van der Waals surface area contributed by atoms with Crippen molar-refractivity contribution in [1.82, 2.24) is 19.2 Å². The first kappa shape index (κ1) is 21.2. The molecule has 1 aromatic carbocycles. The van der Waals surface area contributed by atoms with Gasteiger partial charge in [-0.25, -0.2) is 18.4 Å². The van der Waals surface area contributed by atoms with E-state index in [1.807, 2.05) is 4.90 Å². The first-order valence-corrected chi connectivity index (χ1v) is 12.3. The molecule has 0 saturated carbocycles. The van der Waals surface area contributed by atoms with Gasteiger partial charge >= 0.3 is 0 Å². The van der Waals surface area contributed by atoms with Crippen molar-refractivity contribution < 1.29 is 13.2 Å². The van der Waals surface area contributed by atoms with Gasteiger partial charge in [0.05, 0.1) is 4.90 Å². The van der Waals surface area contributed by atoms with Gasteiger partial charge in [-0.15, -0.1) is 0 Å². The highest BCUT2D eigenvalue weighted by Crippen LogP contribution is 2.28. The zero-order valence-electron chi connectivity index (χ0n) is 16.5. The molecule has 3 heterocycles. The molecule has 1 amide bonds. The molecule has 2 saturated heterocycles. The number of nitrogens with zero attached hydrogens (tertiary/aromatic N) is 5. The normalized spacial score (nSPS) is 20.9. The first-order chi connectivity index (χ1) is 14.5. The molecule has 30 heavy (non-hydrogen) atoms. The summed E-state index contributed by atoms with van der Waals surface area (Å²) in [5.74, 6) is 0.547. The van der Waals surface area contributed by atoms with Crippen LogP contribution in [-0.4, -0.2) is 72.3 Å². The third kappa shape index (κ3) is 4.35. The zero-order valence-corrected chi connectivity index (χ0v) is 18.9. The van der Waals surface area contributed by atoms with Crippen LogP contribution in [0.3, 0.4) is 0 Å². The molecule has 0 N–H and O–H groups in total. The monoisotopic (exact) mass is 493 g/mol. The number of piperidine rings is 1. The van der Waals surface area contributed by atoms with Crippen LogP contribution in [0.4, 0.5) is 5.95 Å². The van der Waals surface area contributed by atoms with Gasteiger partial charge in [0.15, 0.2) is 0 Å². The molecular weight excluding hydrogens is 470 g/mol. The number of aromatic nitrogens is 2. The molecule has 10 heteroatoms. The van der Waals surface area contributed by atoms with Gasteiger partial charge < -0.3 is 9.80 Å². The molecule has 8 nitrogen and oxygen atoms in total. The van der Waals surface area contributed by atoms with E-state index in [4.69, 9.17) is 0 Å². The topological polar surface area (TPSA) is 86.7 Å². The Morgan fingerprint density at radius 1 is 0.967 bits per heavy atom. The Morgan fingerprint density at radius 3 is 2.30 bits per heavy atom. The Bertz CT molecular complexity index is 979. The lowest BCUT2D eigenvalue weighted by Gasteiger charge is -2.40. The van der Waals surface area contributed by atoms with Crippen molar-refractivity contribution in [3.05, 3.63) is 47.2 Å². The van der Waals surface area contributed by atoms with E-state index < -0.39 is 16.1 Å². The fourth-order valence-corrected chi connectivity index (χ4v) is 5.89. The van der Waals surface area contributed by atoms with Crippen LogP contribution in [0.5, 0.6) is 0 Å². The Kier molecular flexibility index (Phi) is 6.35. The van der Waals surface area contributed by atoms with Crippen molar-refractivity contribution in [2.45, 2.75) is 30.2 Å². The van der Waals surface area contributed by atoms with E-state index in [9.17, 15) is 13.2 Å². The minimum Gasteiger partial charge on any atom is -0.338 e. The highest BCUT2D eigenvalue weighted by Gasteiger charge is 2.40. The fraction of sp³-hybridized carbons (Fsp3) is 0.450. The van der Waals surface area contributed by atoms with E-state index in [1.54, 1.807) is 47.6 Å². The van der Waals surface area contributed by atoms with Crippen LogP contribution in [0.15, 0.2) is 52.1 Å². The molecule has 0 spiro atoms. The van der Waals surface area contributed by atoms with Crippen molar-refractivity contribution >= 4 is 37.8 Å². The van der Waals surface area contributed by atoms with E-state index in [-0.39, 0.29) is 10.8 Å². The average molecular weight is 494 g/mol. The number of rotatable bonds is 4. The van der Waals surface area contributed by atoms with Gasteiger partial charge in [0.2, 0.25) is 21.9 Å². The third-order valence-corrected chi connectivity index (χ3v) is 8.04. The Hall–Kier alpha value is -2.04. The summed E-state index contributed by atoms with van der Waals surface area (Å²) in [5.41, 5.74) is 0. The Balaban J connectivity index is 1.48. The number of halogens is 1. The standard InChI is InChI=1S/C20H24BrN5O3S/c21-16-5-7-17(8-6-16)30(28,29)26-11-2-1-4-18(26)19(27)24-12-14-25(15-13-24)20-22-9-3-10-23-20/h3,5-10,18H,1-2,4,11-15H2. The van der Waals surface area contributed by atoms with Crippen LogP contribution < -0.4 is 4.90 Å². The lowest BCUT2D eigenvalue weighted by atomic mass is 10.0. The predicted octanol–water partition coefficient (Wildman–Crippen LogP) is 2.13. The molecule has 4 rings (SSSR count). The number of benzene rings is 1. The van der Waals surface area contributed by atoms with Crippen molar-refractivity contribution in [3.63, 3.8) is 0 Å². The van der Waals surface area contributed by atoms with E-state index in [0.717, 1.165) is 17.3 Å². The molecule has 0 aliphatic carbocycles. The van der Waals surface area contributed by atoms with Crippen LogP contribution in [0.25, 0.3) is 0 Å². The smallest absolute Gasteiger partial charge is 0.243 e. The maximum absolute atomic E-state index is 13.3. The molecule has 2 aromatic rings. The quantitative estimate of drug-likeness (QED) is 0.648. The largest absolute Gasteiger partial charge is 0.338 e. The second-order valence-corrected chi connectivity index (χ2v) is 10.2. The third-order valence-electron chi connectivity index (χ3n) is 5.59. The molecule has 1 unspecified atom stereocenters. The van der Waals surface area contributed by atoms with Crippen molar-refractivity contribution in [1.29, 1.82) is 0 Å². The highest BCUT2D eigenvalue weighted by atomic mass is 79.9. The fourth-order valence-electron chi connectivity index (χ4n) is 3.97. The van der Waals surface area contributed by atoms with Gasteiger partial charge in [-0.2, -0.15) is 4.31 Å². The minimum atomic E-state index is -3.73. The van der Waals surface area contributed by atoms with Gasteiger partial charge in [0.25, 0.3) is 0 Å². The number of carbonyl (C=O) groups excluding carboxylic acids is 1. The summed E-state index contributed by atoms with van der Waals surface area (Å²) in [4.78, 5) is 25.9. The number of carbonyl (C=O) groups is 1. The van der Waals surface area contributed by atoms with E-state index in [2.05, 4.69) is 25.9 Å². The lowest BCUT2D eigenvalue weighted by molar-refractivity contribution is -0.136. The van der Waals surface area contributed by atoms with E-state index in [1.165, 1.54) is 4.31 Å². The van der Waals surface area contributed by atoms with Gasteiger partial charge in [0.1, 0.15) is 6.04 Å². The molecule has 2 aliphatic rings. The van der Waals surface area contributed by atoms with Gasteiger partial charge in [-0.1, -0.05) is 22.4 Å². The van der Waals surface area contributed by atoms with Gasteiger partial charge in [0, 0.05) is 49.6 Å². The second kappa shape index (κ2) is 8.99. The summed E-state index contributed by atoms with van der Waals surface area (Å²) >= 11 is 3.33. The zero-order chi connectivity index (χ0) is 21.1. The number of sulfonamides is 1. The van der Waals surface area contributed by atoms with Crippen LogP contribution >= 0.6 is 15.9 Å². The SMILES string of the molecule is O=C(C1CCCCN1S(=O)(=O)c1ccc(Br)cc1)N1CCN(c2ncccn2)CC1. The molecular formula is C20H24BrN5O3S. The number of hydrogen-bond acceptors (Lipinski definition) is 6. The molecule has 2 aliphatic heterocycles. The van der Waals surface area contributed by atoms with Crippen LogP contribution in [0.2, 0.25) is 0 Å². The summed E-state index contributed by atoms with van der Waals surface area (Å²) in [5, 5.41) is 0.